The molecule has 2 heterocycles. The second-order valence-electron chi connectivity index (χ2n) is 6.27. The van der Waals surface area contributed by atoms with E-state index < -0.39 is 27.1 Å². The summed E-state index contributed by atoms with van der Waals surface area (Å²) in [5.41, 5.74) is -0.173. The van der Waals surface area contributed by atoms with Crippen LogP contribution in [-0.4, -0.2) is 40.8 Å². The number of anilines is 1. The molecule has 0 aliphatic carbocycles. The second kappa shape index (κ2) is 8.55. The Morgan fingerprint density at radius 2 is 2.06 bits per heavy atom. The number of aliphatic hydroxyl groups excluding tert-OH is 1. The molecule has 3 rings (SSSR count). The third kappa shape index (κ3) is 4.71. The molecule has 0 spiro atoms. The van der Waals surface area contributed by atoms with Crippen LogP contribution in [0.4, 0.5) is 5.95 Å². The van der Waals surface area contributed by atoms with Gasteiger partial charge in [0.2, 0.25) is 5.95 Å². The van der Waals surface area contributed by atoms with Gasteiger partial charge < -0.3 is 9.63 Å². The molecule has 3 aromatic rings. The van der Waals surface area contributed by atoms with Crippen LogP contribution in [-0.2, 0) is 14.6 Å². The van der Waals surface area contributed by atoms with Crippen molar-refractivity contribution in [1.82, 2.24) is 15.1 Å². The SMILES string of the molecule is Cc1oncc1/C(O)=C(\C#N)C(=O)Nc1ncc(S(C)(=O)=O)c(-c2cccc(Cl)c2)n1. The van der Waals surface area contributed by atoms with Crippen molar-refractivity contribution in [3.8, 4) is 17.3 Å². The van der Waals surface area contributed by atoms with Crippen molar-refractivity contribution in [1.29, 1.82) is 5.26 Å². The lowest BCUT2D eigenvalue weighted by molar-refractivity contribution is -0.112. The quantitative estimate of drug-likeness (QED) is 0.332. The van der Waals surface area contributed by atoms with Crippen molar-refractivity contribution < 1.29 is 22.8 Å². The normalized spacial score (nSPS) is 12.1. The lowest BCUT2D eigenvalue weighted by Gasteiger charge is -2.10. The van der Waals surface area contributed by atoms with Crippen LogP contribution in [0.25, 0.3) is 17.0 Å². The molecule has 1 amide bonds. The lowest BCUT2D eigenvalue weighted by atomic mass is 10.1. The fourth-order valence-corrected chi connectivity index (χ4v) is 3.53. The fraction of sp³-hybridized carbons (Fsp3) is 0.105. The zero-order valence-corrected chi connectivity index (χ0v) is 17.7. The molecule has 2 aromatic heterocycles. The number of sulfone groups is 1. The first-order valence-corrected chi connectivity index (χ1v) is 10.8. The highest BCUT2D eigenvalue weighted by atomic mass is 35.5. The van der Waals surface area contributed by atoms with Crippen LogP contribution in [0, 0.1) is 18.3 Å². The number of benzene rings is 1. The van der Waals surface area contributed by atoms with E-state index in [-0.39, 0.29) is 27.9 Å². The molecule has 0 bridgehead atoms. The van der Waals surface area contributed by atoms with E-state index in [9.17, 15) is 23.6 Å². The maximum absolute atomic E-state index is 12.6. The van der Waals surface area contributed by atoms with E-state index in [0.29, 0.717) is 10.6 Å². The second-order valence-corrected chi connectivity index (χ2v) is 8.69. The first kappa shape index (κ1) is 21.9. The molecule has 0 saturated heterocycles. The van der Waals surface area contributed by atoms with Gasteiger partial charge in [-0.3, -0.25) is 10.1 Å². The molecule has 158 valence electrons. The Labute approximate surface area is 181 Å². The molecule has 0 aliphatic rings. The molecule has 12 heteroatoms. The number of nitriles is 1. The zero-order chi connectivity index (χ0) is 22.8. The van der Waals surface area contributed by atoms with E-state index >= 15 is 0 Å². The number of hydrogen-bond acceptors (Lipinski definition) is 9. The van der Waals surface area contributed by atoms with Gasteiger partial charge in [-0.1, -0.05) is 28.9 Å². The minimum absolute atomic E-state index is 0.0110. The molecule has 0 saturated carbocycles. The van der Waals surface area contributed by atoms with E-state index in [1.165, 1.54) is 13.0 Å². The van der Waals surface area contributed by atoms with Gasteiger partial charge in [-0.15, -0.1) is 0 Å². The van der Waals surface area contributed by atoms with Crippen LogP contribution in [0.2, 0.25) is 5.02 Å². The minimum Gasteiger partial charge on any atom is -0.506 e. The molecule has 0 atom stereocenters. The van der Waals surface area contributed by atoms with E-state index in [0.717, 1.165) is 18.6 Å². The van der Waals surface area contributed by atoms with Crippen molar-refractivity contribution in [2.45, 2.75) is 11.8 Å². The predicted octanol–water partition coefficient (Wildman–Crippen LogP) is 2.93. The van der Waals surface area contributed by atoms with Crippen molar-refractivity contribution >= 4 is 39.1 Å². The molecule has 0 unspecified atom stereocenters. The number of aliphatic hydroxyl groups is 1. The topological polar surface area (TPSA) is 159 Å². The molecular weight excluding hydrogens is 446 g/mol. The van der Waals surface area contributed by atoms with Crippen LogP contribution in [0.1, 0.15) is 11.3 Å². The summed E-state index contributed by atoms with van der Waals surface area (Å²) in [6.07, 6.45) is 3.19. The van der Waals surface area contributed by atoms with Crippen LogP contribution in [0.5, 0.6) is 0 Å². The smallest absolute Gasteiger partial charge is 0.272 e. The monoisotopic (exact) mass is 459 g/mol. The number of aromatic nitrogens is 3. The number of rotatable bonds is 5. The van der Waals surface area contributed by atoms with E-state index in [2.05, 4.69) is 20.4 Å². The highest BCUT2D eigenvalue weighted by Gasteiger charge is 2.23. The first-order valence-electron chi connectivity index (χ1n) is 8.51. The van der Waals surface area contributed by atoms with Crippen molar-refractivity contribution in [3.63, 3.8) is 0 Å². The summed E-state index contributed by atoms with van der Waals surface area (Å²) < 4.78 is 29.1. The van der Waals surface area contributed by atoms with E-state index in [1.807, 2.05) is 0 Å². The number of nitrogens with one attached hydrogen (secondary N) is 1. The number of nitrogens with zero attached hydrogens (tertiary/aromatic N) is 4. The molecule has 2 N–H and O–H groups in total. The van der Waals surface area contributed by atoms with Gasteiger partial charge in [0, 0.05) is 16.8 Å². The van der Waals surface area contributed by atoms with Gasteiger partial charge in [0.1, 0.15) is 16.7 Å². The van der Waals surface area contributed by atoms with Gasteiger partial charge in [0.15, 0.2) is 21.2 Å². The fourth-order valence-electron chi connectivity index (χ4n) is 2.58. The van der Waals surface area contributed by atoms with Gasteiger partial charge >= 0.3 is 0 Å². The molecule has 31 heavy (non-hydrogen) atoms. The Hall–Kier alpha value is -3.75. The van der Waals surface area contributed by atoms with Gasteiger partial charge in [-0.25, -0.2) is 18.4 Å². The number of carbonyl (C=O) groups excluding carboxylic acids is 1. The van der Waals surface area contributed by atoms with E-state index in [4.69, 9.17) is 16.1 Å². The standard InChI is InChI=1S/C19H14ClN5O5S/c1-10-14(8-23-30-10)17(26)13(7-21)18(27)25-19-22-9-15(31(2,28)29)16(24-19)11-4-3-5-12(20)6-11/h3-6,8-9,26H,1-2H3,(H,22,24,25,27)/b17-13-. The average Bonchev–Trinajstić information content (AvgIpc) is 3.13. The number of carbonyl (C=O) groups is 1. The Bertz CT molecular complexity index is 1360. The minimum atomic E-state index is -3.71. The Morgan fingerprint density at radius 3 is 2.65 bits per heavy atom. The van der Waals surface area contributed by atoms with Crippen molar-refractivity contribution in [3.05, 3.63) is 58.6 Å². The summed E-state index contributed by atoms with van der Waals surface area (Å²) in [6, 6.07) is 7.92. The third-order valence-corrected chi connectivity index (χ3v) is 5.39. The van der Waals surface area contributed by atoms with E-state index in [1.54, 1.807) is 24.3 Å². The number of aryl methyl sites for hydroxylation is 1. The molecule has 0 radical (unpaired) electrons. The molecule has 0 aliphatic heterocycles. The highest BCUT2D eigenvalue weighted by molar-refractivity contribution is 7.90. The first-order chi connectivity index (χ1) is 14.6. The molecule has 1 aromatic carbocycles. The van der Waals surface area contributed by atoms with Crippen LogP contribution >= 0.6 is 11.6 Å². The Kier molecular flexibility index (Phi) is 6.05. The average molecular weight is 460 g/mol. The summed E-state index contributed by atoms with van der Waals surface area (Å²) >= 11 is 6.00. The zero-order valence-electron chi connectivity index (χ0n) is 16.1. The van der Waals surface area contributed by atoms with Gasteiger partial charge in [0.05, 0.1) is 23.7 Å². The summed E-state index contributed by atoms with van der Waals surface area (Å²) in [5, 5.41) is 25.7. The summed E-state index contributed by atoms with van der Waals surface area (Å²) in [4.78, 5) is 20.4. The Balaban J connectivity index is 2.04. The van der Waals surface area contributed by atoms with Crippen LogP contribution < -0.4 is 5.32 Å². The summed E-state index contributed by atoms with van der Waals surface area (Å²) in [6.45, 7) is 1.50. The van der Waals surface area contributed by atoms with Crippen LogP contribution in [0.15, 0.2) is 51.7 Å². The van der Waals surface area contributed by atoms with Crippen molar-refractivity contribution in [2.75, 3.05) is 11.6 Å². The van der Waals surface area contributed by atoms with Crippen molar-refractivity contribution in [2.24, 2.45) is 0 Å². The largest absolute Gasteiger partial charge is 0.506 e. The maximum atomic E-state index is 12.6. The highest BCUT2D eigenvalue weighted by Crippen LogP contribution is 2.28. The molecule has 0 fully saturated rings. The third-order valence-electron chi connectivity index (χ3n) is 4.06. The van der Waals surface area contributed by atoms with Gasteiger partial charge in [0.25, 0.3) is 5.91 Å². The number of halogens is 1. The molecular formula is C19H14ClN5O5S. The summed E-state index contributed by atoms with van der Waals surface area (Å²) in [5.74, 6) is -1.73. The number of hydrogen-bond donors (Lipinski definition) is 2. The van der Waals surface area contributed by atoms with Gasteiger partial charge in [-0.2, -0.15) is 5.26 Å². The predicted molar refractivity (Wildman–Crippen MR) is 111 cm³/mol. The molecule has 10 nitrogen and oxygen atoms in total. The van der Waals surface area contributed by atoms with Gasteiger partial charge in [-0.05, 0) is 19.1 Å². The van der Waals surface area contributed by atoms with Crippen LogP contribution in [0.3, 0.4) is 0 Å². The Morgan fingerprint density at radius 1 is 1.32 bits per heavy atom. The summed E-state index contributed by atoms with van der Waals surface area (Å²) in [7, 11) is -3.71. The lowest BCUT2D eigenvalue weighted by Crippen LogP contribution is -2.18. The maximum Gasteiger partial charge on any atom is 0.272 e. The number of amides is 1.